The molecule has 0 bridgehead atoms. The number of ether oxygens (including phenoxy) is 1. The fraction of sp³-hybridized carbons (Fsp3) is 0.840. The molecule has 5 rings (SSSR count). The number of carbonyl (C=O) groups is 1. The van der Waals surface area contributed by atoms with Gasteiger partial charge in [-0.2, -0.15) is 4.31 Å². The van der Waals surface area contributed by atoms with E-state index < -0.39 is 10.0 Å². The topological polar surface area (TPSA) is 108 Å². The average molecular weight is 524 g/mol. The quantitative estimate of drug-likeness (QED) is 0.519. The van der Waals surface area contributed by atoms with E-state index in [4.69, 9.17) is 9.26 Å². The largest absolute Gasteiger partial charge is 0.379 e. The number of hydrogen-bond acceptors (Lipinski definition) is 8. The van der Waals surface area contributed by atoms with E-state index >= 15 is 0 Å². The number of nitrogens with zero attached hydrogens (tertiary/aromatic N) is 4. The Morgan fingerprint density at radius 1 is 1.03 bits per heavy atom. The molecule has 1 amide bonds. The van der Waals surface area contributed by atoms with E-state index in [-0.39, 0.29) is 29.7 Å². The molecule has 202 valence electrons. The fourth-order valence-electron chi connectivity index (χ4n) is 5.79. The summed E-state index contributed by atoms with van der Waals surface area (Å²) in [5.41, 5.74) is 0.316. The number of amides is 1. The molecule has 0 spiro atoms. The summed E-state index contributed by atoms with van der Waals surface area (Å²) in [6.07, 6.45) is 5.28. The van der Waals surface area contributed by atoms with Crippen LogP contribution in [0.5, 0.6) is 0 Å². The van der Waals surface area contributed by atoms with E-state index in [2.05, 4.69) is 20.3 Å². The maximum Gasteiger partial charge on any atom is 0.273 e. The van der Waals surface area contributed by atoms with E-state index in [9.17, 15) is 13.2 Å². The molecule has 1 N–H and O–H groups in total. The molecule has 1 aromatic heterocycles. The molecule has 4 aliphatic rings. The molecule has 1 aromatic rings. The van der Waals surface area contributed by atoms with Gasteiger partial charge in [-0.25, -0.2) is 8.42 Å². The van der Waals surface area contributed by atoms with Crippen LogP contribution in [0.1, 0.15) is 67.6 Å². The van der Waals surface area contributed by atoms with Gasteiger partial charge < -0.3 is 19.5 Å². The van der Waals surface area contributed by atoms with Crippen molar-refractivity contribution in [2.24, 2.45) is 5.92 Å². The van der Waals surface area contributed by atoms with Crippen LogP contribution in [0.4, 0.5) is 0 Å². The smallest absolute Gasteiger partial charge is 0.273 e. The Hall–Kier alpha value is -1.53. The second-order valence-electron chi connectivity index (χ2n) is 11.1. The van der Waals surface area contributed by atoms with Crippen molar-refractivity contribution in [1.82, 2.24) is 24.6 Å². The monoisotopic (exact) mass is 523 g/mol. The Bertz CT molecular complexity index is 983. The zero-order chi connectivity index (χ0) is 25.1. The molecule has 36 heavy (non-hydrogen) atoms. The van der Waals surface area contributed by atoms with Crippen LogP contribution in [0.3, 0.4) is 0 Å². The normalized spacial score (nSPS) is 27.8. The molecule has 11 heteroatoms. The van der Waals surface area contributed by atoms with Crippen LogP contribution >= 0.6 is 0 Å². The van der Waals surface area contributed by atoms with Gasteiger partial charge in [-0.1, -0.05) is 5.16 Å². The summed E-state index contributed by atoms with van der Waals surface area (Å²) in [6, 6.07) is 1.54. The number of morpholine rings is 1. The standard InChI is InChI=1S/C25H41N5O5S/c1-19-16-22(26-25(31)23-17-24(35-27-23)21-2-3-21)6-9-30(19)36(32,33)18-20-4-7-28(8-5-20)10-11-29-12-14-34-15-13-29/h17,19-22H,2-16,18H2,1H3,(H,26,31)/t19-,22-/m1/s1. The molecule has 10 nitrogen and oxygen atoms in total. The zero-order valence-electron chi connectivity index (χ0n) is 21.4. The highest BCUT2D eigenvalue weighted by Crippen LogP contribution is 2.40. The summed E-state index contributed by atoms with van der Waals surface area (Å²) in [6.45, 7) is 10.1. The summed E-state index contributed by atoms with van der Waals surface area (Å²) in [4.78, 5) is 17.5. The molecule has 4 heterocycles. The third-order valence-electron chi connectivity index (χ3n) is 8.24. The third-order valence-corrected chi connectivity index (χ3v) is 10.4. The molecule has 0 unspecified atom stereocenters. The summed E-state index contributed by atoms with van der Waals surface area (Å²) < 4.78 is 39.0. The highest BCUT2D eigenvalue weighted by Gasteiger charge is 2.36. The predicted molar refractivity (Wildman–Crippen MR) is 135 cm³/mol. The van der Waals surface area contributed by atoms with Crippen LogP contribution in [0.2, 0.25) is 0 Å². The lowest BCUT2D eigenvalue weighted by Crippen LogP contribution is -2.52. The molecule has 1 saturated carbocycles. The van der Waals surface area contributed by atoms with Crippen molar-refractivity contribution in [3.8, 4) is 0 Å². The van der Waals surface area contributed by atoms with Crippen molar-refractivity contribution >= 4 is 15.9 Å². The van der Waals surface area contributed by atoms with E-state index in [0.717, 1.165) is 83.9 Å². The van der Waals surface area contributed by atoms with Crippen molar-refractivity contribution in [2.45, 2.75) is 63.5 Å². The van der Waals surface area contributed by atoms with E-state index in [1.165, 1.54) is 0 Å². The second-order valence-corrected chi connectivity index (χ2v) is 13.0. The van der Waals surface area contributed by atoms with E-state index in [0.29, 0.717) is 31.0 Å². The van der Waals surface area contributed by atoms with Gasteiger partial charge in [0.1, 0.15) is 5.76 Å². The van der Waals surface area contributed by atoms with Gasteiger partial charge in [0.2, 0.25) is 10.0 Å². The Morgan fingerprint density at radius 3 is 2.39 bits per heavy atom. The molecule has 2 atom stereocenters. The predicted octanol–water partition coefficient (Wildman–Crippen LogP) is 1.51. The minimum absolute atomic E-state index is 0.0604. The fourth-order valence-corrected chi connectivity index (χ4v) is 7.93. The maximum atomic E-state index is 13.3. The summed E-state index contributed by atoms with van der Waals surface area (Å²) in [7, 11) is -3.33. The number of hydrogen-bond donors (Lipinski definition) is 1. The van der Waals surface area contributed by atoms with E-state index in [1.807, 2.05) is 6.92 Å². The lowest BCUT2D eigenvalue weighted by Gasteiger charge is -2.39. The number of rotatable bonds is 9. The van der Waals surface area contributed by atoms with Gasteiger partial charge in [0.15, 0.2) is 5.69 Å². The van der Waals surface area contributed by atoms with Gasteiger partial charge in [-0.05, 0) is 64.5 Å². The summed E-state index contributed by atoms with van der Waals surface area (Å²) in [5, 5.41) is 6.95. The molecule has 0 radical (unpaired) electrons. The number of sulfonamides is 1. The number of likely N-dealkylation sites (tertiary alicyclic amines) is 1. The molecule has 1 aliphatic carbocycles. The number of aromatic nitrogens is 1. The molecular formula is C25H41N5O5S. The first-order valence-corrected chi connectivity index (χ1v) is 15.3. The van der Waals surface area contributed by atoms with Crippen LogP contribution in [-0.4, -0.2) is 110 Å². The molecular weight excluding hydrogens is 482 g/mol. The first kappa shape index (κ1) is 26.1. The Kier molecular flexibility index (Phi) is 8.31. The minimum atomic E-state index is -3.33. The Labute approximate surface area is 214 Å². The first-order valence-electron chi connectivity index (χ1n) is 13.7. The van der Waals surface area contributed by atoms with Crippen LogP contribution < -0.4 is 5.32 Å². The van der Waals surface area contributed by atoms with Crippen molar-refractivity contribution in [3.63, 3.8) is 0 Å². The van der Waals surface area contributed by atoms with Gasteiger partial charge in [-0.15, -0.1) is 0 Å². The van der Waals surface area contributed by atoms with Gasteiger partial charge in [0.05, 0.1) is 19.0 Å². The van der Waals surface area contributed by atoms with Crippen LogP contribution in [0.25, 0.3) is 0 Å². The summed E-state index contributed by atoms with van der Waals surface area (Å²) >= 11 is 0. The van der Waals surface area contributed by atoms with Crippen molar-refractivity contribution in [1.29, 1.82) is 0 Å². The average Bonchev–Trinajstić information content (AvgIpc) is 3.60. The van der Waals surface area contributed by atoms with Crippen molar-refractivity contribution in [3.05, 3.63) is 17.5 Å². The van der Waals surface area contributed by atoms with Crippen LogP contribution in [0.15, 0.2) is 10.6 Å². The number of nitrogens with one attached hydrogen (secondary N) is 1. The Morgan fingerprint density at radius 2 is 1.72 bits per heavy atom. The Balaban J connectivity index is 1.04. The van der Waals surface area contributed by atoms with Gasteiger partial charge in [-0.3, -0.25) is 9.69 Å². The van der Waals surface area contributed by atoms with Crippen LogP contribution in [-0.2, 0) is 14.8 Å². The zero-order valence-corrected chi connectivity index (χ0v) is 22.3. The van der Waals surface area contributed by atoms with Gasteiger partial charge in [0.25, 0.3) is 5.91 Å². The molecule has 0 aromatic carbocycles. The highest BCUT2D eigenvalue weighted by atomic mass is 32.2. The maximum absolute atomic E-state index is 13.3. The van der Waals surface area contributed by atoms with Gasteiger partial charge in [0, 0.05) is 56.8 Å². The van der Waals surface area contributed by atoms with E-state index in [1.54, 1.807) is 10.4 Å². The number of piperidine rings is 2. The molecule has 4 fully saturated rings. The van der Waals surface area contributed by atoms with Gasteiger partial charge >= 0.3 is 0 Å². The first-order chi connectivity index (χ1) is 17.4. The molecule has 3 saturated heterocycles. The highest BCUT2D eigenvalue weighted by molar-refractivity contribution is 7.89. The lowest BCUT2D eigenvalue weighted by molar-refractivity contribution is 0.0316. The van der Waals surface area contributed by atoms with Crippen molar-refractivity contribution in [2.75, 3.05) is 64.8 Å². The minimum Gasteiger partial charge on any atom is -0.379 e. The van der Waals surface area contributed by atoms with Crippen LogP contribution in [0, 0.1) is 5.92 Å². The second kappa shape index (κ2) is 11.5. The summed E-state index contributed by atoms with van der Waals surface area (Å²) in [5.74, 6) is 1.41. The SMILES string of the molecule is C[C@@H]1C[C@H](NC(=O)c2cc(C3CC3)on2)CCN1S(=O)(=O)CC1CCN(CCN2CCOCC2)CC1. The third kappa shape index (κ3) is 6.66. The van der Waals surface area contributed by atoms with Crippen molar-refractivity contribution < 1.29 is 22.5 Å². The lowest BCUT2D eigenvalue weighted by atomic mass is 9.99. The number of carbonyl (C=O) groups excluding carboxylic acids is 1. The molecule has 3 aliphatic heterocycles.